The number of rotatable bonds is 51. The van der Waals surface area contributed by atoms with Gasteiger partial charge < -0.3 is 43.0 Å². The fourth-order valence-electron chi connectivity index (χ4n) is 13.8. The van der Waals surface area contributed by atoms with Crippen LogP contribution in [0.3, 0.4) is 0 Å². The number of nitrogens with one attached hydrogen (secondary N) is 2. The number of ether oxygens (including phenoxy) is 8. The minimum absolute atomic E-state index is 0. The van der Waals surface area contributed by atoms with Gasteiger partial charge in [0.1, 0.15) is 45.8 Å². The molecule has 4 unspecified atom stereocenters. The first kappa shape index (κ1) is 123. The molecule has 12 rings (SSSR count). The van der Waals surface area contributed by atoms with E-state index in [2.05, 4.69) is 14.0 Å². The van der Waals surface area contributed by atoms with E-state index in [1.165, 1.54) is 65.2 Å². The molecule has 0 fully saturated rings. The molecule has 820 valence electrons. The highest BCUT2D eigenvalue weighted by atomic mass is 35.5. The van der Waals surface area contributed by atoms with E-state index < -0.39 is 97.5 Å². The maximum absolute atomic E-state index is 15.4. The number of carbonyl (C=O) groups excluding carboxylic acids is 2. The zero-order valence-corrected chi connectivity index (χ0v) is 89.9. The Labute approximate surface area is 897 Å². The second kappa shape index (κ2) is 65.3. The summed E-state index contributed by atoms with van der Waals surface area (Å²) in [4.78, 5) is 40.5. The summed E-state index contributed by atoms with van der Waals surface area (Å²) in [6, 6.07) is 97.0. The highest BCUT2D eigenvalue weighted by Gasteiger charge is 2.44. The van der Waals surface area contributed by atoms with Gasteiger partial charge in [0.2, 0.25) is 26.0 Å². The lowest BCUT2D eigenvalue weighted by Crippen LogP contribution is -2.54. The lowest BCUT2D eigenvalue weighted by Gasteiger charge is -2.38. The summed E-state index contributed by atoms with van der Waals surface area (Å²) in [6.07, 6.45) is 1.19. The van der Waals surface area contributed by atoms with Crippen molar-refractivity contribution in [3.8, 4) is 11.5 Å². The van der Waals surface area contributed by atoms with Crippen molar-refractivity contribution in [3.05, 3.63) is 418 Å². The zero-order chi connectivity index (χ0) is 108. The number of aliphatic carboxylic acids is 1. The van der Waals surface area contributed by atoms with Crippen LogP contribution in [0.4, 0.5) is 17.6 Å². The Morgan fingerprint density at radius 3 is 1.01 bits per heavy atom. The zero-order valence-electron chi connectivity index (χ0n) is 85.8. The van der Waals surface area contributed by atoms with E-state index in [-0.39, 0.29) is 110 Å². The van der Waals surface area contributed by atoms with Gasteiger partial charge in [0, 0.05) is 94.1 Å². The first-order valence-electron chi connectivity index (χ1n) is 47.8. The van der Waals surface area contributed by atoms with Crippen LogP contribution in [-0.4, -0.2) is 171 Å². The summed E-state index contributed by atoms with van der Waals surface area (Å²) in [5.41, 5.74) is 6.12. The first-order chi connectivity index (χ1) is 70.8. The van der Waals surface area contributed by atoms with Crippen molar-refractivity contribution in [1.29, 1.82) is 0 Å². The van der Waals surface area contributed by atoms with Crippen LogP contribution in [0.2, 0.25) is 0 Å². The van der Waals surface area contributed by atoms with Crippen LogP contribution in [-0.2, 0) is 149 Å². The Balaban J connectivity index is -0.000000454. The van der Waals surface area contributed by atoms with Gasteiger partial charge in [-0.2, -0.15) is 4.40 Å². The summed E-state index contributed by atoms with van der Waals surface area (Å²) in [5.74, 6) is -2.75. The monoisotopic (exact) mass is 2160 g/mol. The molecule has 0 aliphatic carbocycles. The SMILES string of the molecule is CC(C)(C)S(=O)N=C(CCOCc1ccccc1)c1ccccc1F.CON(C)C(=O)CCOCc1ccccc1.COc1ccc(CN(C)S(=O)(=O)CC(CCOCc2ccccc2)(NCl)c2ccccc2F)cc1.COc1ccc(CN(C)S(=O)(=O)CC(CCOCc2ccccc2)(NS(=O)C(C)(C)C)c2ccccc2F)cc1.O=C(CCOCc1ccccc1)c1ccccc1F.O=C(O)CCOCc1ccccc1.[HH].[HH].[HH].[HH].[HH].[HH].[HH].[HH].[HH].[HH].[HH].[HH]. The van der Waals surface area contributed by atoms with Crippen molar-refractivity contribution in [2.24, 2.45) is 4.40 Å². The number of carboxylic acids is 1. The van der Waals surface area contributed by atoms with Crippen molar-refractivity contribution < 1.29 is 122 Å². The van der Waals surface area contributed by atoms with Crippen LogP contribution in [0.25, 0.3) is 0 Å². The summed E-state index contributed by atoms with van der Waals surface area (Å²) in [5, 5.41) is 9.53. The van der Waals surface area contributed by atoms with Crippen LogP contribution in [0.5, 0.6) is 11.5 Å². The molecular weight excluding hydrogens is 2000 g/mol. The lowest BCUT2D eigenvalue weighted by molar-refractivity contribution is -0.169. The molecule has 25 nitrogen and oxygen atoms in total. The Morgan fingerprint density at radius 1 is 0.378 bits per heavy atom. The molecule has 0 radical (unpaired) electrons. The predicted molar refractivity (Wildman–Crippen MR) is 601 cm³/mol. The van der Waals surface area contributed by atoms with Gasteiger partial charge in [0.05, 0.1) is 155 Å². The third-order valence-electron chi connectivity index (χ3n) is 22.3. The van der Waals surface area contributed by atoms with Crippen LogP contribution >= 0.6 is 11.8 Å². The number of amides is 1. The standard InChI is InChI=1S/C30H39FN2O5S2.C26H30ClFN2O4S.C20H24FNO2S.C16H15FO2.C12H17NO3.C10H12O3.12H2/c1-29(2,3)39(34)32-30(27-13-9-10-14-28(27)31,19-20-38-22-25-11-7-6-8-12-25)23-40(35,36)33(4)21-24-15-17-26(37-5)18-16-24;1-30(18-21-12-14-23(33-2)15-13-21)35(31,32)20-26(29-27,24-10-6-7-11-25(24)28)16-17-34-19-22-8-4-3-5-9-22;1-20(2,3)25(23)22-19(17-11-7-8-12-18(17)21)13-14-24-15-16-9-5-4-6-10-16;17-15-9-5-4-8-14(15)16(18)10-11-19-12-13-6-2-1-3-7-13;1-13(15-2)12(14)8-9-16-10-11-6-4-3-5-7-11;11-10(12)6-7-13-8-9-4-2-1-3-5-9;;;;;;;;;;;;/h6-18,32H,19-23H2,1-5H3;3-15,29H,16-20H2,1-2H3;4-12H,13-15H2,1-3H3;1-9H,10-12H2;3-7H,8-10H2,1-2H3;1-5H,6-8H2,(H,11,12);12*1H. The molecule has 34 heteroatoms. The molecule has 0 heterocycles. The Hall–Kier alpha value is -11.7. The lowest BCUT2D eigenvalue weighted by atomic mass is 9.89. The fraction of sp³-hybridized carbons (Fsp3) is 0.333. The van der Waals surface area contributed by atoms with Crippen molar-refractivity contribution >= 4 is 77.2 Å². The third kappa shape index (κ3) is 45.0. The highest BCUT2D eigenvalue weighted by Crippen LogP contribution is 2.36. The normalized spacial score (nSPS) is 12.7. The van der Waals surface area contributed by atoms with Gasteiger partial charge in [0.15, 0.2) is 5.78 Å². The number of hydroxylamine groups is 2. The van der Waals surface area contributed by atoms with Crippen molar-refractivity contribution in [1.82, 2.24) is 23.2 Å². The molecule has 4 atom stereocenters. The van der Waals surface area contributed by atoms with E-state index in [0.29, 0.717) is 95.1 Å². The number of hydrogen-bond donors (Lipinski definition) is 3. The van der Waals surface area contributed by atoms with Gasteiger partial charge >= 0.3 is 5.97 Å². The molecule has 0 aromatic heterocycles. The molecule has 0 bridgehead atoms. The number of ketones is 1. The van der Waals surface area contributed by atoms with E-state index in [1.807, 2.05) is 203 Å². The molecule has 0 aliphatic heterocycles. The van der Waals surface area contributed by atoms with Gasteiger partial charge in [-0.05, 0) is 165 Å². The Bertz CT molecular complexity index is 6290. The number of Topliss-reactive ketones (excluding diaryl/α,β-unsaturated/α-hetero) is 1. The fourth-order valence-corrected chi connectivity index (χ4v) is 19.0. The molecule has 0 aliphatic rings. The van der Waals surface area contributed by atoms with Crippen molar-refractivity contribution in [2.45, 2.75) is 153 Å². The number of carbonyl (C=O) groups is 3. The van der Waals surface area contributed by atoms with Crippen molar-refractivity contribution in [2.75, 3.05) is 93.6 Å². The van der Waals surface area contributed by atoms with Gasteiger partial charge in [-0.1, -0.05) is 273 Å². The molecule has 3 N–H and O–H groups in total. The Morgan fingerprint density at radius 2 is 0.682 bits per heavy atom. The summed E-state index contributed by atoms with van der Waals surface area (Å²) >= 11 is 6.16. The smallest absolute Gasteiger partial charge is 0.305 e. The van der Waals surface area contributed by atoms with Crippen LogP contribution < -0.4 is 19.0 Å². The molecular formula is C114H161ClF4N6O19S4. The average Bonchev–Trinajstić information content (AvgIpc) is 0.770. The largest absolute Gasteiger partial charge is 0.497 e. The van der Waals surface area contributed by atoms with Gasteiger partial charge in [0.25, 0.3) is 0 Å². The molecule has 0 saturated heterocycles. The van der Waals surface area contributed by atoms with E-state index >= 15 is 4.39 Å². The number of sulfonamides is 2. The van der Waals surface area contributed by atoms with E-state index in [9.17, 15) is 52.8 Å². The topological polar surface area (TPSA) is 303 Å². The quantitative estimate of drug-likeness (QED) is 0.00796. The maximum Gasteiger partial charge on any atom is 0.305 e. The molecule has 0 saturated carbocycles. The van der Waals surface area contributed by atoms with Crippen LogP contribution in [0, 0.1) is 23.3 Å². The summed E-state index contributed by atoms with van der Waals surface area (Å²) in [6.45, 7) is 15.3. The van der Waals surface area contributed by atoms with Gasteiger partial charge in [-0.3, -0.25) is 19.2 Å². The average molecular weight is 2160 g/mol. The van der Waals surface area contributed by atoms with Crippen LogP contribution in [0.1, 0.15) is 169 Å². The number of hydrogen-bond acceptors (Lipinski definition) is 19. The second-order valence-electron chi connectivity index (χ2n) is 35.9. The third-order valence-corrected chi connectivity index (χ3v) is 29.7. The molecule has 12 aromatic rings. The minimum Gasteiger partial charge on any atom is -0.497 e. The number of nitrogens with zero attached hydrogens (tertiary/aromatic N) is 4. The highest BCUT2D eigenvalue weighted by molar-refractivity contribution is 7.89. The van der Waals surface area contributed by atoms with Gasteiger partial charge in [-0.25, -0.2) is 66.0 Å². The number of benzene rings is 12. The van der Waals surface area contributed by atoms with E-state index in [0.717, 1.165) is 44.5 Å². The second-order valence-corrected chi connectivity index (χ2v) is 44.1. The van der Waals surface area contributed by atoms with Crippen molar-refractivity contribution in [3.63, 3.8) is 0 Å². The molecule has 12 aromatic carbocycles. The molecule has 0 spiro atoms. The molecule has 1 amide bonds. The number of methoxy groups -OCH3 is 2. The number of halogens is 5. The minimum atomic E-state index is -3.99. The number of carboxylic acid groups (broad SMARTS) is 1. The summed E-state index contributed by atoms with van der Waals surface area (Å²) < 4.78 is 190. The Kier molecular flexibility index (Phi) is 54.4. The van der Waals surface area contributed by atoms with Gasteiger partial charge in [-0.15, -0.1) is 0 Å². The summed E-state index contributed by atoms with van der Waals surface area (Å²) in [7, 11) is -1.88. The van der Waals surface area contributed by atoms with Crippen LogP contribution in [0.15, 0.2) is 332 Å². The van der Waals surface area contributed by atoms with E-state index in [4.69, 9.17) is 59.6 Å². The predicted octanol–water partition coefficient (Wildman–Crippen LogP) is 24.5. The molecule has 148 heavy (non-hydrogen) atoms. The maximum atomic E-state index is 15.4. The van der Waals surface area contributed by atoms with E-state index in [1.54, 1.807) is 157 Å². The first-order valence-corrected chi connectivity index (χ1v) is 53.6.